The molecular formula is C23H22N2O5. The van der Waals surface area contributed by atoms with E-state index in [1.807, 2.05) is 24.3 Å². The molecule has 3 amide bonds. The van der Waals surface area contributed by atoms with Crippen molar-refractivity contribution in [2.24, 2.45) is 0 Å². The number of benzene rings is 2. The predicted molar refractivity (Wildman–Crippen MR) is 108 cm³/mol. The summed E-state index contributed by atoms with van der Waals surface area (Å²) in [6.07, 6.45) is 0.778. The van der Waals surface area contributed by atoms with Crippen molar-refractivity contribution in [1.29, 1.82) is 0 Å². The Hall–Kier alpha value is -3.48. The van der Waals surface area contributed by atoms with Crippen molar-refractivity contribution in [1.82, 2.24) is 9.80 Å². The molecule has 0 radical (unpaired) electrons. The van der Waals surface area contributed by atoms with Crippen molar-refractivity contribution in [3.05, 3.63) is 70.8 Å². The van der Waals surface area contributed by atoms with E-state index < -0.39 is 5.97 Å². The molecule has 2 aliphatic rings. The van der Waals surface area contributed by atoms with Gasteiger partial charge in [0.1, 0.15) is 6.61 Å². The molecule has 30 heavy (non-hydrogen) atoms. The Labute approximate surface area is 174 Å². The second kappa shape index (κ2) is 8.10. The minimum absolute atomic E-state index is 0.00420. The highest BCUT2D eigenvalue weighted by molar-refractivity contribution is 6.21. The number of nitrogens with zero attached hydrogens (tertiary/aromatic N) is 2. The van der Waals surface area contributed by atoms with Gasteiger partial charge in [0.2, 0.25) is 5.91 Å². The Morgan fingerprint density at radius 2 is 1.63 bits per heavy atom. The van der Waals surface area contributed by atoms with Crippen molar-refractivity contribution in [3.63, 3.8) is 0 Å². The monoisotopic (exact) mass is 406 g/mol. The first kappa shape index (κ1) is 19.8. The van der Waals surface area contributed by atoms with Crippen LogP contribution in [0, 0.1) is 0 Å². The van der Waals surface area contributed by atoms with Crippen LogP contribution in [0.5, 0.6) is 0 Å². The van der Waals surface area contributed by atoms with Crippen LogP contribution in [0.15, 0.2) is 48.5 Å². The molecule has 7 nitrogen and oxygen atoms in total. The van der Waals surface area contributed by atoms with Crippen LogP contribution in [-0.4, -0.2) is 53.2 Å². The van der Waals surface area contributed by atoms with Crippen molar-refractivity contribution in [2.75, 3.05) is 19.7 Å². The van der Waals surface area contributed by atoms with E-state index in [4.69, 9.17) is 4.74 Å². The van der Waals surface area contributed by atoms with Crippen LogP contribution in [0.1, 0.15) is 51.2 Å². The molecule has 7 heteroatoms. The van der Waals surface area contributed by atoms with Crippen LogP contribution < -0.4 is 0 Å². The summed E-state index contributed by atoms with van der Waals surface area (Å²) in [5, 5.41) is 0. The van der Waals surface area contributed by atoms with Gasteiger partial charge in [0.05, 0.1) is 30.1 Å². The molecule has 0 saturated heterocycles. The zero-order valence-corrected chi connectivity index (χ0v) is 16.7. The smallest absolute Gasteiger partial charge is 0.308 e. The molecule has 1 atom stereocenters. The van der Waals surface area contributed by atoms with Crippen molar-refractivity contribution >= 4 is 23.7 Å². The van der Waals surface area contributed by atoms with Gasteiger partial charge in [-0.25, -0.2) is 0 Å². The van der Waals surface area contributed by atoms with E-state index in [0.717, 1.165) is 22.4 Å². The number of hydrogen-bond acceptors (Lipinski definition) is 5. The van der Waals surface area contributed by atoms with Gasteiger partial charge in [-0.1, -0.05) is 36.4 Å². The van der Waals surface area contributed by atoms with Crippen LogP contribution in [0.4, 0.5) is 0 Å². The summed E-state index contributed by atoms with van der Waals surface area (Å²) in [6.45, 7) is 1.96. The number of ether oxygens (including phenoxy) is 1. The van der Waals surface area contributed by atoms with Gasteiger partial charge in [-0.05, 0) is 29.7 Å². The van der Waals surface area contributed by atoms with Crippen LogP contribution in [-0.2, 0) is 20.7 Å². The molecule has 0 bridgehead atoms. The van der Waals surface area contributed by atoms with E-state index in [0.29, 0.717) is 17.7 Å². The molecule has 2 aromatic rings. The van der Waals surface area contributed by atoms with Gasteiger partial charge in [-0.15, -0.1) is 0 Å². The number of carbonyl (C=O) groups is 4. The lowest BCUT2D eigenvalue weighted by Crippen LogP contribution is -2.40. The van der Waals surface area contributed by atoms with Crippen LogP contribution in [0.25, 0.3) is 0 Å². The number of amides is 3. The molecule has 154 valence electrons. The maximum absolute atomic E-state index is 12.5. The van der Waals surface area contributed by atoms with E-state index in [1.54, 1.807) is 29.2 Å². The minimum Gasteiger partial charge on any atom is -0.464 e. The fraction of sp³-hybridized carbons (Fsp3) is 0.304. The zero-order chi connectivity index (χ0) is 21.3. The Balaban J connectivity index is 1.38. The molecule has 0 N–H and O–H groups in total. The third-order valence-corrected chi connectivity index (χ3v) is 5.63. The first-order valence-electron chi connectivity index (χ1n) is 9.93. The van der Waals surface area contributed by atoms with Crippen LogP contribution >= 0.6 is 0 Å². The number of carbonyl (C=O) groups excluding carboxylic acids is 4. The Bertz CT molecular complexity index is 997. The maximum Gasteiger partial charge on any atom is 0.308 e. The molecular weight excluding hydrogens is 384 g/mol. The molecule has 4 rings (SSSR count). The first-order chi connectivity index (χ1) is 14.5. The third kappa shape index (κ3) is 3.58. The molecule has 0 aromatic heterocycles. The highest BCUT2D eigenvalue weighted by Gasteiger charge is 2.35. The maximum atomic E-state index is 12.5. The van der Waals surface area contributed by atoms with Gasteiger partial charge in [-0.3, -0.25) is 24.1 Å². The molecule has 0 spiro atoms. The number of esters is 1. The summed E-state index contributed by atoms with van der Waals surface area (Å²) < 4.78 is 5.32. The summed E-state index contributed by atoms with van der Waals surface area (Å²) in [5.74, 6) is -1.32. The quantitative estimate of drug-likeness (QED) is 0.562. The summed E-state index contributed by atoms with van der Waals surface area (Å²) in [7, 11) is 0. The SMILES string of the molecule is CC(=O)N1CCc2ccccc2C1CC(=O)OCCN1C(=O)c2ccccc2C1=O. The van der Waals surface area contributed by atoms with Gasteiger partial charge < -0.3 is 9.64 Å². The highest BCUT2D eigenvalue weighted by atomic mass is 16.5. The Morgan fingerprint density at radius 3 is 2.30 bits per heavy atom. The fourth-order valence-corrected chi connectivity index (χ4v) is 4.16. The summed E-state index contributed by atoms with van der Waals surface area (Å²) in [6, 6.07) is 14.0. The van der Waals surface area contributed by atoms with E-state index >= 15 is 0 Å². The number of fused-ring (bicyclic) bond motifs is 2. The second-order valence-electron chi connectivity index (χ2n) is 7.41. The molecule has 0 aliphatic carbocycles. The van der Waals surface area contributed by atoms with Gasteiger partial charge in [0.15, 0.2) is 0 Å². The van der Waals surface area contributed by atoms with E-state index in [9.17, 15) is 19.2 Å². The molecule has 2 heterocycles. The van der Waals surface area contributed by atoms with E-state index in [-0.39, 0.29) is 43.3 Å². The molecule has 2 aliphatic heterocycles. The first-order valence-corrected chi connectivity index (χ1v) is 9.93. The highest BCUT2D eigenvalue weighted by Crippen LogP contribution is 2.32. The zero-order valence-electron chi connectivity index (χ0n) is 16.7. The van der Waals surface area contributed by atoms with Crippen LogP contribution in [0.3, 0.4) is 0 Å². The lowest BCUT2D eigenvalue weighted by Gasteiger charge is -2.36. The lowest BCUT2D eigenvalue weighted by atomic mass is 9.90. The molecule has 1 unspecified atom stereocenters. The van der Waals surface area contributed by atoms with Crippen LogP contribution in [0.2, 0.25) is 0 Å². The van der Waals surface area contributed by atoms with Gasteiger partial charge in [-0.2, -0.15) is 0 Å². The lowest BCUT2D eigenvalue weighted by molar-refractivity contribution is -0.146. The number of rotatable bonds is 5. The summed E-state index contributed by atoms with van der Waals surface area (Å²) >= 11 is 0. The average molecular weight is 406 g/mol. The van der Waals surface area contributed by atoms with E-state index in [1.165, 1.54) is 6.92 Å². The fourth-order valence-electron chi connectivity index (χ4n) is 4.16. The number of hydrogen-bond donors (Lipinski definition) is 0. The van der Waals surface area contributed by atoms with Gasteiger partial charge in [0, 0.05) is 13.5 Å². The third-order valence-electron chi connectivity index (χ3n) is 5.63. The van der Waals surface area contributed by atoms with Gasteiger partial charge >= 0.3 is 5.97 Å². The largest absolute Gasteiger partial charge is 0.464 e. The Morgan fingerprint density at radius 1 is 1.00 bits per heavy atom. The number of imide groups is 1. The Kier molecular flexibility index (Phi) is 5.35. The normalized spacial score (nSPS) is 17.6. The standard InChI is InChI=1S/C23H22N2O5/c1-15(26)24-11-10-16-6-2-3-7-17(16)20(24)14-21(27)30-13-12-25-22(28)18-8-4-5-9-19(18)23(25)29/h2-9,20H,10-14H2,1H3. The average Bonchev–Trinajstić information content (AvgIpc) is 2.99. The van der Waals surface area contributed by atoms with Crippen molar-refractivity contribution in [2.45, 2.75) is 25.8 Å². The van der Waals surface area contributed by atoms with Crippen molar-refractivity contribution < 1.29 is 23.9 Å². The molecule has 0 fully saturated rings. The minimum atomic E-state index is -0.473. The molecule has 0 saturated carbocycles. The van der Waals surface area contributed by atoms with Gasteiger partial charge in [0.25, 0.3) is 11.8 Å². The summed E-state index contributed by atoms with van der Waals surface area (Å²) in [5.41, 5.74) is 2.81. The molecule has 2 aromatic carbocycles. The second-order valence-corrected chi connectivity index (χ2v) is 7.41. The van der Waals surface area contributed by atoms with Crippen molar-refractivity contribution in [3.8, 4) is 0 Å². The van der Waals surface area contributed by atoms with E-state index in [2.05, 4.69) is 0 Å². The summed E-state index contributed by atoms with van der Waals surface area (Å²) in [4.78, 5) is 52.1. The predicted octanol–water partition coefficient (Wildman–Crippen LogP) is 2.36. The topological polar surface area (TPSA) is 84.0 Å².